The number of nitriles is 1. The Bertz CT molecular complexity index is 1660. The van der Waals surface area contributed by atoms with E-state index in [0.717, 1.165) is 28.7 Å². The molecule has 1 aliphatic carbocycles. The molecule has 2 aliphatic rings. The summed E-state index contributed by atoms with van der Waals surface area (Å²) < 4.78 is 6.78. The molecule has 3 amide bonds. The van der Waals surface area contributed by atoms with Gasteiger partial charge in [-0.3, -0.25) is 14.4 Å². The van der Waals surface area contributed by atoms with Crippen molar-refractivity contribution >= 4 is 17.7 Å². The highest BCUT2D eigenvalue weighted by atomic mass is 16.5. The number of carbonyl (C=O) groups excluding carboxylic acids is 3. The van der Waals surface area contributed by atoms with Crippen molar-refractivity contribution in [2.24, 2.45) is 7.05 Å². The predicted octanol–water partition coefficient (Wildman–Crippen LogP) is 1.70. The molecule has 1 fully saturated rings. The van der Waals surface area contributed by atoms with Gasteiger partial charge in [0.1, 0.15) is 6.04 Å². The molecule has 12 heteroatoms. The summed E-state index contributed by atoms with van der Waals surface area (Å²) in [4.78, 5) is 60.6. The number of fused-ring (bicyclic) bond motifs is 2. The summed E-state index contributed by atoms with van der Waals surface area (Å²) in [6.07, 6.45) is 3.03. The molecule has 1 atom stereocenters. The molecule has 45 heavy (non-hydrogen) atoms. The van der Waals surface area contributed by atoms with Crippen LogP contribution in [-0.4, -0.2) is 96.0 Å². The maximum absolute atomic E-state index is 13.0. The summed E-state index contributed by atoms with van der Waals surface area (Å²) in [7, 11) is 8.45. The SMILES string of the molecule is CN(C)C(=O)c1ccc2c(c1)CCc1cc(C(=O)N(C)C)ccc1C2(CCNCC(=O)N1CCCC1C#N)c1nc(=O)on1C. The smallest absolute Gasteiger partial charge is 0.345 e. The van der Waals surface area contributed by atoms with Crippen LogP contribution in [0.25, 0.3) is 0 Å². The van der Waals surface area contributed by atoms with Crippen LogP contribution in [0.3, 0.4) is 0 Å². The Morgan fingerprint density at radius 2 is 1.60 bits per heavy atom. The Hall–Kier alpha value is -4.76. The minimum absolute atomic E-state index is 0.0538. The lowest BCUT2D eigenvalue weighted by Gasteiger charge is -2.35. The average molecular weight is 614 g/mol. The number of likely N-dealkylation sites (tertiary alicyclic amines) is 1. The normalized spacial score (nSPS) is 16.7. The van der Waals surface area contributed by atoms with Crippen molar-refractivity contribution in [3.63, 3.8) is 0 Å². The molecule has 0 saturated carbocycles. The van der Waals surface area contributed by atoms with Crippen molar-refractivity contribution in [1.82, 2.24) is 29.7 Å². The Morgan fingerprint density at radius 3 is 2.09 bits per heavy atom. The molecule has 3 aromatic rings. The second-order valence-electron chi connectivity index (χ2n) is 12.1. The molecule has 2 aromatic carbocycles. The minimum atomic E-state index is -1.03. The molecule has 0 bridgehead atoms. The Kier molecular flexibility index (Phi) is 8.93. The zero-order chi connectivity index (χ0) is 32.5. The number of aromatic nitrogens is 2. The first-order valence-electron chi connectivity index (χ1n) is 15.1. The van der Waals surface area contributed by atoms with Gasteiger partial charge in [-0.05, 0) is 85.2 Å². The molecule has 5 rings (SSSR count). The number of amides is 3. The van der Waals surface area contributed by atoms with Crippen LogP contribution in [-0.2, 0) is 30.1 Å². The number of hydrogen-bond acceptors (Lipinski definition) is 8. The lowest BCUT2D eigenvalue weighted by molar-refractivity contribution is -0.130. The lowest BCUT2D eigenvalue weighted by atomic mass is 9.69. The van der Waals surface area contributed by atoms with Crippen LogP contribution in [0.1, 0.15) is 68.1 Å². The standard InChI is InChI=1S/C33H39N7O5/c1-37(2)29(42)23-10-12-26-21(17-23)8-9-22-18-24(30(43)38(3)4)11-13-27(22)33(26,31-36-32(44)45-39(31)5)14-15-35-20-28(41)40-16-6-7-25(40)19-34/h10-13,17-18,25,35H,6-9,14-16,20H2,1-5H3. The zero-order valence-corrected chi connectivity index (χ0v) is 26.4. The van der Waals surface area contributed by atoms with Gasteiger partial charge in [-0.15, -0.1) is 0 Å². The summed E-state index contributed by atoms with van der Waals surface area (Å²) in [5.74, 6) is -0.751. The van der Waals surface area contributed by atoms with Gasteiger partial charge in [0, 0.05) is 52.9 Å². The first-order valence-corrected chi connectivity index (χ1v) is 15.1. The van der Waals surface area contributed by atoms with Gasteiger partial charge in [0.05, 0.1) is 18.0 Å². The maximum atomic E-state index is 13.0. The number of nitrogens with zero attached hydrogens (tertiary/aromatic N) is 6. The third-order valence-electron chi connectivity index (χ3n) is 8.87. The van der Waals surface area contributed by atoms with Crippen molar-refractivity contribution in [1.29, 1.82) is 5.26 Å². The van der Waals surface area contributed by atoms with Gasteiger partial charge in [-0.1, -0.05) is 12.1 Å². The molecular weight excluding hydrogens is 574 g/mol. The summed E-state index contributed by atoms with van der Waals surface area (Å²) >= 11 is 0. The number of nitrogens with one attached hydrogen (secondary N) is 1. The van der Waals surface area contributed by atoms with Gasteiger partial charge < -0.3 is 24.5 Å². The van der Waals surface area contributed by atoms with Crippen LogP contribution < -0.4 is 11.1 Å². The number of benzene rings is 2. The van der Waals surface area contributed by atoms with Crippen molar-refractivity contribution in [2.45, 2.75) is 43.6 Å². The highest BCUT2D eigenvalue weighted by molar-refractivity contribution is 5.95. The average Bonchev–Trinajstić information content (AvgIpc) is 3.61. The first kappa shape index (κ1) is 31.7. The number of rotatable bonds is 8. The molecule has 0 radical (unpaired) electrons. The second-order valence-corrected chi connectivity index (χ2v) is 12.1. The van der Waals surface area contributed by atoms with Crippen LogP contribution in [0.5, 0.6) is 0 Å². The van der Waals surface area contributed by atoms with Gasteiger partial charge in [-0.2, -0.15) is 15.0 Å². The van der Waals surface area contributed by atoms with Gasteiger partial charge in [-0.25, -0.2) is 4.79 Å². The summed E-state index contributed by atoms with van der Waals surface area (Å²) in [5.41, 5.74) is 3.61. The predicted molar refractivity (Wildman–Crippen MR) is 166 cm³/mol. The van der Waals surface area contributed by atoms with Gasteiger partial charge in [0.15, 0.2) is 5.82 Å². The summed E-state index contributed by atoms with van der Waals surface area (Å²) in [5, 5.41) is 12.7. The largest absolute Gasteiger partial charge is 0.459 e. The van der Waals surface area contributed by atoms with Crippen molar-refractivity contribution in [2.75, 3.05) is 47.8 Å². The van der Waals surface area contributed by atoms with E-state index in [9.17, 15) is 24.4 Å². The van der Waals surface area contributed by atoms with E-state index >= 15 is 0 Å². The van der Waals surface area contributed by atoms with E-state index < -0.39 is 17.2 Å². The van der Waals surface area contributed by atoms with Crippen molar-refractivity contribution in [3.05, 3.63) is 86.2 Å². The highest BCUT2D eigenvalue weighted by Gasteiger charge is 2.45. The van der Waals surface area contributed by atoms with Crippen molar-refractivity contribution in [3.8, 4) is 6.07 Å². The fourth-order valence-corrected chi connectivity index (χ4v) is 6.73. The third-order valence-corrected chi connectivity index (χ3v) is 8.87. The molecule has 1 aliphatic heterocycles. The van der Waals surface area contributed by atoms with E-state index in [1.807, 2.05) is 24.3 Å². The number of carbonyl (C=O) groups is 3. The van der Waals surface area contributed by atoms with Crippen LogP contribution in [0.4, 0.5) is 0 Å². The quantitative estimate of drug-likeness (QED) is 0.378. The fourth-order valence-electron chi connectivity index (χ4n) is 6.73. The Morgan fingerprint density at radius 1 is 1.02 bits per heavy atom. The fraction of sp³-hybridized carbons (Fsp3) is 0.455. The molecule has 0 spiro atoms. The Balaban J connectivity index is 1.63. The molecule has 1 saturated heterocycles. The topological polar surface area (TPSA) is 145 Å². The molecule has 12 nitrogen and oxygen atoms in total. The van der Waals surface area contributed by atoms with Gasteiger partial charge >= 0.3 is 5.76 Å². The molecule has 1 aromatic heterocycles. The zero-order valence-electron chi connectivity index (χ0n) is 26.4. The molecular formula is C33H39N7O5. The monoisotopic (exact) mass is 613 g/mol. The third kappa shape index (κ3) is 5.88. The van der Waals surface area contributed by atoms with Gasteiger partial charge in [0.25, 0.3) is 11.8 Å². The molecule has 236 valence electrons. The van der Waals surface area contributed by atoms with E-state index in [-0.39, 0.29) is 24.3 Å². The first-order chi connectivity index (χ1) is 21.5. The minimum Gasteiger partial charge on any atom is -0.345 e. The van der Waals surface area contributed by atoms with Gasteiger partial charge in [0.2, 0.25) is 5.91 Å². The van der Waals surface area contributed by atoms with E-state index in [1.165, 1.54) is 14.5 Å². The van der Waals surface area contributed by atoms with E-state index in [0.29, 0.717) is 55.7 Å². The van der Waals surface area contributed by atoms with Crippen LogP contribution >= 0.6 is 0 Å². The molecule has 1 N–H and O–H groups in total. The lowest BCUT2D eigenvalue weighted by Crippen LogP contribution is -2.42. The van der Waals surface area contributed by atoms with E-state index in [1.54, 1.807) is 52.3 Å². The summed E-state index contributed by atoms with van der Waals surface area (Å²) in [6, 6.07) is 13.0. The van der Waals surface area contributed by atoms with E-state index in [4.69, 9.17) is 4.52 Å². The number of aryl methyl sites for hydroxylation is 3. The Labute approximate surface area is 262 Å². The highest BCUT2D eigenvalue weighted by Crippen LogP contribution is 2.46. The van der Waals surface area contributed by atoms with Crippen molar-refractivity contribution < 1.29 is 18.9 Å². The van der Waals surface area contributed by atoms with Crippen LogP contribution in [0.2, 0.25) is 0 Å². The summed E-state index contributed by atoms with van der Waals surface area (Å²) in [6.45, 7) is 0.970. The van der Waals surface area contributed by atoms with E-state index in [2.05, 4.69) is 16.4 Å². The maximum Gasteiger partial charge on any atom is 0.459 e. The number of hydrogen-bond donors (Lipinski definition) is 1. The molecule has 2 heterocycles. The molecule has 1 unspecified atom stereocenters. The van der Waals surface area contributed by atoms with Crippen LogP contribution in [0.15, 0.2) is 45.7 Å². The second kappa shape index (κ2) is 12.7. The van der Waals surface area contributed by atoms with Crippen LogP contribution in [0, 0.1) is 11.3 Å².